The molecule has 0 fully saturated rings. The molecule has 1 atom stereocenters. The van der Waals surface area contributed by atoms with E-state index < -0.39 is 8.80 Å². The van der Waals surface area contributed by atoms with Crippen molar-refractivity contribution >= 4 is 20.4 Å². The van der Waals surface area contributed by atoms with E-state index in [-0.39, 0.29) is 5.00 Å². The van der Waals surface area contributed by atoms with E-state index in [0.29, 0.717) is 19.8 Å². The summed E-state index contributed by atoms with van der Waals surface area (Å²) in [6.07, 6.45) is 1.61. The van der Waals surface area contributed by atoms with E-state index in [9.17, 15) is 0 Å². The molecule has 0 bridgehead atoms. The minimum atomic E-state index is -2.75. The molecule has 84 valence electrons. The van der Waals surface area contributed by atoms with Crippen molar-refractivity contribution in [2.24, 2.45) is 0 Å². The van der Waals surface area contributed by atoms with Crippen LogP contribution in [0.3, 0.4) is 0 Å². The fourth-order valence-electron chi connectivity index (χ4n) is 1.11. The zero-order valence-corrected chi connectivity index (χ0v) is 10.8. The summed E-state index contributed by atoms with van der Waals surface area (Å²) in [6, 6.07) is 0. The van der Waals surface area contributed by atoms with Crippen molar-refractivity contribution in [3.8, 4) is 0 Å². The van der Waals surface area contributed by atoms with Crippen LogP contribution in [-0.2, 0) is 13.3 Å². The summed E-state index contributed by atoms with van der Waals surface area (Å²) in [6.45, 7) is 10.9. The van der Waals surface area contributed by atoms with Crippen LogP contribution in [0.2, 0.25) is 0 Å². The van der Waals surface area contributed by atoms with Gasteiger partial charge in [0.2, 0.25) is 0 Å². The SMILES string of the molecule is C=CC(Cl)[Si](OCC)(OCC)OCC. The second-order valence-corrected chi connectivity index (χ2v) is 6.07. The molecule has 0 aromatic carbocycles. The molecule has 3 nitrogen and oxygen atoms in total. The Morgan fingerprint density at radius 1 is 1.14 bits per heavy atom. The second-order valence-electron chi connectivity index (χ2n) is 2.54. The first-order valence-electron chi connectivity index (χ1n) is 4.85. The minimum absolute atomic E-state index is 0.387. The maximum Gasteiger partial charge on any atom is 0.523 e. The molecule has 0 aliphatic carbocycles. The average Bonchev–Trinajstić information content (AvgIpc) is 2.17. The quantitative estimate of drug-likeness (QED) is 0.369. The van der Waals surface area contributed by atoms with E-state index in [0.717, 1.165) is 0 Å². The Morgan fingerprint density at radius 3 is 1.71 bits per heavy atom. The van der Waals surface area contributed by atoms with Crippen molar-refractivity contribution in [1.82, 2.24) is 0 Å². The Hall–Kier alpha value is 0.127. The zero-order chi connectivity index (χ0) is 11.0. The Balaban J connectivity index is 4.61. The molecule has 0 radical (unpaired) electrons. The number of hydrogen-bond donors (Lipinski definition) is 0. The normalized spacial score (nSPS) is 14.0. The van der Waals surface area contributed by atoms with Gasteiger partial charge in [0.05, 0.1) is 0 Å². The van der Waals surface area contributed by atoms with Crippen LogP contribution >= 0.6 is 11.6 Å². The number of halogens is 1. The van der Waals surface area contributed by atoms with Gasteiger partial charge in [-0.15, -0.1) is 18.2 Å². The summed E-state index contributed by atoms with van der Waals surface area (Å²) < 4.78 is 16.7. The van der Waals surface area contributed by atoms with Crippen LogP contribution in [0.5, 0.6) is 0 Å². The molecule has 5 heteroatoms. The van der Waals surface area contributed by atoms with Crippen molar-refractivity contribution in [3.63, 3.8) is 0 Å². The molecule has 0 amide bonds. The molecule has 0 saturated heterocycles. The van der Waals surface area contributed by atoms with Crippen LogP contribution in [0.15, 0.2) is 12.7 Å². The fourth-order valence-corrected chi connectivity index (χ4v) is 3.90. The molecule has 0 N–H and O–H groups in total. The molecule has 0 aliphatic heterocycles. The number of hydrogen-bond acceptors (Lipinski definition) is 3. The maximum atomic E-state index is 6.09. The van der Waals surface area contributed by atoms with Gasteiger partial charge < -0.3 is 13.3 Å². The molecule has 0 rings (SSSR count). The Morgan fingerprint density at radius 2 is 1.50 bits per heavy atom. The smallest absolute Gasteiger partial charge is 0.373 e. The summed E-state index contributed by atoms with van der Waals surface area (Å²) in [5.74, 6) is 0. The van der Waals surface area contributed by atoms with Crippen LogP contribution in [-0.4, -0.2) is 33.6 Å². The van der Waals surface area contributed by atoms with Gasteiger partial charge in [0.1, 0.15) is 5.00 Å². The minimum Gasteiger partial charge on any atom is -0.373 e. The van der Waals surface area contributed by atoms with E-state index >= 15 is 0 Å². The van der Waals surface area contributed by atoms with Crippen molar-refractivity contribution in [1.29, 1.82) is 0 Å². The summed E-state index contributed by atoms with van der Waals surface area (Å²) >= 11 is 6.09. The summed E-state index contributed by atoms with van der Waals surface area (Å²) in [4.78, 5) is 0. The lowest BCUT2D eigenvalue weighted by atomic mass is 10.8. The predicted octanol–water partition coefficient (Wildman–Crippen LogP) is 2.37. The van der Waals surface area contributed by atoms with Crippen molar-refractivity contribution < 1.29 is 13.3 Å². The van der Waals surface area contributed by atoms with Gasteiger partial charge in [0, 0.05) is 19.8 Å². The predicted molar refractivity (Wildman–Crippen MR) is 60.5 cm³/mol. The highest BCUT2D eigenvalue weighted by atomic mass is 35.5. The number of alkyl halides is 1. The lowest BCUT2D eigenvalue weighted by Crippen LogP contribution is -2.53. The molecule has 0 heterocycles. The Kier molecular flexibility index (Phi) is 7.49. The summed E-state index contributed by atoms with van der Waals surface area (Å²) in [5.41, 5.74) is 0. The molecule has 0 spiro atoms. The maximum absolute atomic E-state index is 6.09. The van der Waals surface area contributed by atoms with E-state index in [1.807, 2.05) is 20.8 Å². The van der Waals surface area contributed by atoms with Gasteiger partial charge in [-0.1, -0.05) is 6.08 Å². The van der Waals surface area contributed by atoms with Gasteiger partial charge in [-0.3, -0.25) is 0 Å². The van der Waals surface area contributed by atoms with Crippen LogP contribution in [0.4, 0.5) is 0 Å². The standard InChI is InChI=1S/C9H19ClO3Si/c1-5-9(10)14(11-6-2,12-7-3)13-8-4/h5,9H,1,6-8H2,2-4H3. The molecule has 0 aliphatic rings. The highest BCUT2D eigenvalue weighted by molar-refractivity contribution is 6.72. The second kappa shape index (κ2) is 7.42. The van der Waals surface area contributed by atoms with Gasteiger partial charge in [0.25, 0.3) is 0 Å². The first-order chi connectivity index (χ1) is 6.66. The monoisotopic (exact) mass is 238 g/mol. The highest BCUT2D eigenvalue weighted by Crippen LogP contribution is 2.20. The number of rotatable bonds is 8. The van der Waals surface area contributed by atoms with Gasteiger partial charge >= 0.3 is 8.80 Å². The van der Waals surface area contributed by atoms with E-state index in [1.54, 1.807) is 6.08 Å². The average molecular weight is 239 g/mol. The third-order valence-electron chi connectivity index (χ3n) is 1.58. The Labute approximate surface area is 92.4 Å². The molecular formula is C9H19ClO3Si. The summed E-state index contributed by atoms with van der Waals surface area (Å²) in [7, 11) is -2.75. The molecular weight excluding hydrogens is 220 g/mol. The van der Waals surface area contributed by atoms with Crippen molar-refractivity contribution in [3.05, 3.63) is 12.7 Å². The third kappa shape index (κ3) is 3.71. The highest BCUT2D eigenvalue weighted by Gasteiger charge is 2.47. The zero-order valence-electron chi connectivity index (χ0n) is 9.09. The van der Waals surface area contributed by atoms with Crippen LogP contribution in [0.1, 0.15) is 20.8 Å². The van der Waals surface area contributed by atoms with Crippen molar-refractivity contribution in [2.45, 2.75) is 25.8 Å². The molecule has 14 heavy (non-hydrogen) atoms. The topological polar surface area (TPSA) is 27.7 Å². The lowest BCUT2D eigenvalue weighted by Gasteiger charge is -2.30. The molecule has 0 aromatic heterocycles. The molecule has 1 unspecified atom stereocenters. The summed E-state index contributed by atoms with van der Waals surface area (Å²) in [5, 5.41) is -0.387. The van der Waals surface area contributed by atoms with Gasteiger partial charge in [-0.25, -0.2) is 0 Å². The van der Waals surface area contributed by atoms with Crippen molar-refractivity contribution in [2.75, 3.05) is 19.8 Å². The van der Waals surface area contributed by atoms with Gasteiger partial charge in [-0.05, 0) is 20.8 Å². The van der Waals surface area contributed by atoms with Crippen LogP contribution in [0, 0.1) is 0 Å². The first-order valence-corrected chi connectivity index (χ1v) is 7.09. The van der Waals surface area contributed by atoms with Gasteiger partial charge in [0.15, 0.2) is 0 Å². The van der Waals surface area contributed by atoms with Crippen LogP contribution < -0.4 is 0 Å². The molecule has 0 aromatic rings. The van der Waals surface area contributed by atoms with Gasteiger partial charge in [-0.2, -0.15) is 0 Å². The van der Waals surface area contributed by atoms with E-state index in [2.05, 4.69) is 6.58 Å². The van der Waals surface area contributed by atoms with Crippen LogP contribution in [0.25, 0.3) is 0 Å². The third-order valence-corrected chi connectivity index (χ3v) is 5.55. The van der Waals surface area contributed by atoms with E-state index in [1.165, 1.54) is 0 Å². The number of allylic oxidation sites excluding steroid dienone is 1. The largest absolute Gasteiger partial charge is 0.523 e. The lowest BCUT2D eigenvalue weighted by molar-refractivity contribution is 0.0721. The van der Waals surface area contributed by atoms with E-state index in [4.69, 9.17) is 24.9 Å². The fraction of sp³-hybridized carbons (Fsp3) is 0.778. The first kappa shape index (κ1) is 14.1. The molecule has 0 saturated carbocycles. The Bertz CT molecular complexity index is 149.